The number of fused-ring (bicyclic) bond motifs is 7. The smallest absolute Gasteiger partial charge is 0.335 e. The molecule has 3 aromatic rings. The van der Waals surface area contributed by atoms with E-state index in [9.17, 15) is 9.90 Å². The molecule has 2 saturated carbocycles. The zero-order valence-corrected chi connectivity index (χ0v) is 16.9. The summed E-state index contributed by atoms with van der Waals surface area (Å²) in [5, 5.41) is 16.4. The van der Waals surface area contributed by atoms with Gasteiger partial charge >= 0.3 is 5.97 Å². The van der Waals surface area contributed by atoms with Gasteiger partial charge in [-0.15, -0.1) is 0 Å². The Bertz CT molecular complexity index is 1220. The fourth-order valence-corrected chi connectivity index (χ4v) is 7.47. The number of aromatic carboxylic acids is 1. The largest absolute Gasteiger partial charge is 0.478 e. The molecule has 0 radical (unpaired) electrons. The molecule has 7 rings (SSSR count). The van der Waals surface area contributed by atoms with Gasteiger partial charge in [0.15, 0.2) is 0 Å². The summed E-state index contributed by atoms with van der Waals surface area (Å²) in [4.78, 5) is 11.6. The fraction of sp³-hybridized carbons (Fsp3) is 0.370. The lowest BCUT2D eigenvalue weighted by atomic mass is 9.67. The minimum absolute atomic E-state index is 0.304. The van der Waals surface area contributed by atoms with Crippen LogP contribution in [0.25, 0.3) is 10.8 Å². The molecule has 0 saturated heterocycles. The van der Waals surface area contributed by atoms with E-state index in [-0.39, 0.29) is 0 Å². The highest BCUT2D eigenvalue weighted by molar-refractivity contribution is 5.94. The fourth-order valence-electron chi connectivity index (χ4n) is 7.47. The van der Waals surface area contributed by atoms with Crippen molar-refractivity contribution in [1.82, 2.24) is 0 Å². The van der Waals surface area contributed by atoms with E-state index in [1.54, 1.807) is 6.07 Å². The van der Waals surface area contributed by atoms with Crippen LogP contribution in [0.2, 0.25) is 0 Å². The van der Waals surface area contributed by atoms with Crippen LogP contribution in [0, 0.1) is 17.8 Å². The van der Waals surface area contributed by atoms with Crippen LogP contribution in [0.15, 0.2) is 48.5 Å². The number of carbonyl (C=O) groups is 1. The van der Waals surface area contributed by atoms with Crippen LogP contribution < -0.4 is 5.32 Å². The maximum absolute atomic E-state index is 11.6. The third-order valence-electron chi connectivity index (χ3n) is 8.58. The second-order valence-corrected chi connectivity index (χ2v) is 9.82. The van der Waals surface area contributed by atoms with Gasteiger partial charge in [-0.2, -0.15) is 0 Å². The number of anilines is 1. The SMILES string of the molecule is O=C(O)c1ccc2c(c1)[C@@H]1[C@H]3CC[C@@H](C3)[C@@H]1[C@@H](c1ccc3c4c(cccc14)CC3)N2. The number of hydrogen-bond acceptors (Lipinski definition) is 2. The van der Waals surface area contributed by atoms with Gasteiger partial charge in [0.1, 0.15) is 0 Å². The van der Waals surface area contributed by atoms with Crippen molar-refractivity contribution in [3.8, 4) is 0 Å². The summed E-state index contributed by atoms with van der Waals surface area (Å²) < 4.78 is 0. The number of hydrogen-bond donors (Lipinski definition) is 2. The van der Waals surface area contributed by atoms with Gasteiger partial charge in [-0.05, 0) is 107 Å². The van der Waals surface area contributed by atoms with E-state index < -0.39 is 5.97 Å². The first-order chi connectivity index (χ1) is 14.7. The molecule has 150 valence electrons. The lowest BCUT2D eigenvalue weighted by Gasteiger charge is -2.44. The highest BCUT2D eigenvalue weighted by atomic mass is 16.4. The summed E-state index contributed by atoms with van der Waals surface area (Å²) in [7, 11) is 0. The molecule has 3 nitrogen and oxygen atoms in total. The van der Waals surface area contributed by atoms with Gasteiger partial charge < -0.3 is 10.4 Å². The maximum atomic E-state index is 11.6. The molecule has 0 spiro atoms. The molecule has 3 aliphatic carbocycles. The van der Waals surface area contributed by atoms with Gasteiger partial charge in [-0.3, -0.25) is 0 Å². The molecule has 30 heavy (non-hydrogen) atoms. The lowest BCUT2D eigenvalue weighted by molar-refractivity contribution is 0.0696. The van der Waals surface area contributed by atoms with Gasteiger partial charge in [0.2, 0.25) is 0 Å². The van der Waals surface area contributed by atoms with E-state index in [2.05, 4.69) is 35.6 Å². The Kier molecular flexibility index (Phi) is 3.31. The van der Waals surface area contributed by atoms with Crippen molar-refractivity contribution in [2.45, 2.75) is 44.1 Å². The van der Waals surface area contributed by atoms with Crippen LogP contribution in [0.1, 0.15) is 63.8 Å². The van der Waals surface area contributed by atoms with Gasteiger partial charge in [0, 0.05) is 5.69 Å². The Hall–Kier alpha value is -2.81. The Morgan fingerprint density at radius 1 is 0.933 bits per heavy atom. The second kappa shape index (κ2) is 5.87. The summed E-state index contributed by atoms with van der Waals surface area (Å²) in [6, 6.07) is 17.6. The summed E-state index contributed by atoms with van der Waals surface area (Å²) in [5.41, 5.74) is 7.23. The molecular weight excluding hydrogens is 370 g/mol. The third-order valence-corrected chi connectivity index (χ3v) is 8.58. The van der Waals surface area contributed by atoms with Crippen LogP contribution in [-0.4, -0.2) is 11.1 Å². The van der Waals surface area contributed by atoms with Gasteiger partial charge in [0.05, 0.1) is 11.6 Å². The minimum Gasteiger partial charge on any atom is -0.478 e. The predicted molar refractivity (Wildman–Crippen MR) is 118 cm³/mol. The highest BCUT2D eigenvalue weighted by Gasteiger charge is 2.54. The molecule has 3 heteroatoms. The molecule has 5 atom stereocenters. The Balaban J connectivity index is 1.43. The standard InChI is InChI=1S/C27H25NO2/c29-27(30)18-9-11-22-21(13-18)24-16-6-7-17(12-16)25(24)26(28-22)20-10-8-15-5-4-14-2-1-3-19(20)23(14)15/h1-3,8-11,13,16-17,24-26,28H,4-7,12H2,(H,29,30)/t16-,17-,24-,25-,26+/m0/s1. The monoisotopic (exact) mass is 395 g/mol. The second-order valence-electron chi connectivity index (χ2n) is 9.82. The molecular formula is C27H25NO2. The van der Waals surface area contributed by atoms with E-state index in [4.69, 9.17) is 0 Å². The van der Waals surface area contributed by atoms with Crippen LogP contribution in [-0.2, 0) is 12.8 Å². The van der Waals surface area contributed by atoms with Crippen molar-refractivity contribution in [2.24, 2.45) is 17.8 Å². The Morgan fingerprint density at radius 2 is 1.77 bits per heavy atom. The maximum Gasteiger partial charge on any atom is 0.335 e. The zero-order chi connectivity index (χ0) is 20.0. The van der Waals surface area contributed by atoms with E-state index in [0.29, 0.717) is 29.4 Å². The predicted octanol–water partition coefficient (Wildman–Crippen LogP) is 5.93. The van der Waals surface area contributed by atoms with Crippen LogP contribution >= 0.6 is 0 Å². The molecule has 4 aliphatic rings. The van der Waals surface area contributed by atoms with Crippen molar-refractivity contribution in [1.29, 1.82) is 0 Å². The first-order valence-electron chi connectivity index (χ1n) is 11.4. The van der Waals surface area contributed by atoms with Crippen molar-refractivity contribution < 1.29 is 9.90 Å². The van der Waals surface area contributed by atoms with Gasteiger partial charge in [-0.25, -0.2) is 4.79 Å². The first-order valence-corrected chi connectivity index (χ1v) is 11.4. The molecule has 0 amide bonds. The average Bonchev–Trinajstić information content (AvgIpc) is 3.49. The Labute approximate surface area is 176 Å². The first kappa shape index (κ1) is 16.9. The van der Waals surface area contributed by atoms with Crippen molar-refractivity contribution in [3.05, 3.63) is 76.3 Å². The van der Waals surface area contributed by atoms with Crippen LogP contribution in [0.5, 0.6) is 0 Å². The molecule has 2 bridgehead atoms. The number of benzene rings is 3. The normalized spacial score (nSPS) is 30.2. The molecule has 0 aromatic heterocycles. The summed E-state index contributed by atoms with van der Waals surface area (Å²) >= 11 is 0. The number of carboxylic acid groups (broad SMARTS) is 1. The van der Waals surface area contributed by atoms with Gasteiger partial charge in [-0.1, -0.05) is 30.3 Å². The van der Waals surface area contributed by atoms with E-state index in [0.717, 1.165) is 24.4 Å². The van der Waals surface area contributed by atoms with Gasteiger partial charge in [0.25, 0.3) is 0 Å². The number of rotatable bonds is 2. The van der Waals surface area contributed by atoms with Crippen molar-refractivity contribution >= 4 is 22.4 Å². The number of carboxylic acids is 1. The topological polar surface area (TPSA) is 49.3 Å². The summed E-state index contributed by atoms with van der Waals surface area (Å²) in [6.45, 7) is 0. The zero-order valence-electron chi connectivity index (χ0n) is 16.9. The van der Waals surface area contributed by atoms with Crippen molar-refractivity contribution in [3.63, 3.8) is 0 Å². The molecule has 0 unspecified atom stereocenters. The average molecular weight is 396 g/mol. The van der Waals surface area contributed by atoms with E-state index in [1.165, 1.54) is 52.3 Å². The third kappa shape index (κ3) is 2.13. The van der Waals surface area contributed by atoms with E-state index >= 15 is 0 Å². The van der Waals surface area contributed by atoms with Crippen LogP contribution in [0.4, 0.5) is 5.69 Å². The Morgan fingerprint density at radius 3 is 2.63 bits per heavy atom. The molecule has 2 N–H and O–H groups in total. The van der Waals surface area contributed by atoms with Crippen molar-refractivity contribution in [2.75, 3.05) is 5.32 Å². The minimum atomic E-state index is -0.827. The molecule has 3 aromatic carbocycles. The molecule has 1 heterocycles. The van der Waals surface area contributed by atoms with E-state index in [1.807, 2.05) is 12.1 Å². The molecule has 2 fully saturated rings. The summed E-state index contributed by atoms with van der Waals surface area (Å²) in [5.74, 6) is 1.64. The lowest BCUT2D eigenvalue weighted by Crippen LogP contribution is -2.35. The summed E-state index contributed by atoms with van der Waals surface area (Å²) in [6.07, 6.45) is 6.22. The number of nitrogens with one attached hydrogen (secondary N) is 1. The highest BCUT2D eigenvalue weighted by Crippen LogP contribution is 2.64. The molecule has 1 aliphatic heterocycles. The quantitative estimate of drug-likeness (QED) is 0.565. The van der Waals surface area contributed by atoms with Crippen LogP contribution in [0.3, 0.4) is 0 Å². The number of aryl methyl sites for hydroxylation is 2.